The fourth-order valence-electron chi connectivity index (χ4n) is 4.10. The Morgan fingerprint density at radius 3 is 2.88 bits per heavy atom. The lowest BCUT2D eigenvalue weighted by atomic mass is 9.74. The number of anilines is 2. The van der Waals surface area contributed by atoms with Gasteiger partial charge >= 0.3 is 5.97 Å². The highest BCUT2D eigenvalue weighted by Gasteiger charge is 2.54. The van der Waals surface area contributed by atoms with Gasteiger partial charge in [-0.15, -0.1) is 0 Å². The molecule has 1 aromatic rings. The molecule has 0 unspecified atom stereocenters. The monoisotopic (exact) mass is 336 g/mol. The Hall–Kier alpha value is -1.96. The number of fused-ring (bicyclic) bond motifs is 1. The van der Waals surface area contributed by atoms with Gasteiger partial charge in [0.15, 0.2) is 11.6 Å². The van der Waals surface area contributed by atoms with Crippen LogP contribution in [0.4, 0.5) is 16.2 Å². The summed E-state index contributed by atoms with van der Waals surface area (Å²) in [6, 6.07) is 0. The molecule has 3 aliphatic heterocycles. The molecule has 7 nitrogen and oxygen atoms in total. The van der Waals surface area contributed by atoms with E-state index in [4.69, 9.17) is 4.74 Å². The summed E-state index contributed by atoms with van der Waals surface area (Å²) in [5.41, 5.74) is -0.816. The van der Waals surface area contributed by atoms with E-state index in [1.54, 1.807) is 0 Å². The van der Waals surface area contributed by atoms with Gasteiger partial charge in [0.2, 0.25) is 5.95 Å². The molecule has 8 heteroatoms. The van der Waals surface area contributed by atoms with Crippen molar-refractivity contribution >= 4 is 17.7 Å². The second-order valence-corrected chi connectivity index (χ2v) is 6.90. The van der Waals surface area contributed by atoms with Crippen LogP contribution in [0, 0.1) is 17.2 Å². The number of rotatable bonds is 3. The van der Waals surface area contributed by atoms with Gasteiger partial charge in [0.05, 0.1) is 18.2 Å². The van der Waals surface area contributed by atoms with Crippen molar-refractivity contribution in [3.05, 3.63) is 12.0 Å². The van der Waals surface area contributed by atoms with Crippen LogP contribution < -0.4 is 9.80 Å². The summed E-state index contributed by atoms with van der Waals surface area (Å²) >= 11 is 0. The van der Waals surface area contributed by atoms with Gasteiger partial charge in [-0.05, 0) is 19.3 Å². The maximum atomic E-state index is 14.1. The van der Waals surface area contributed by atoms with Crippen molar-refractivity contribution in [2.24, 2.45) is 11.3 Å². The van der Waals surface area contributed by atoms with E-state index in [2.05, 4.69) is 9.97 Å². The maximum absolute atomic E-state index is 14.1. The Morgan fingerprint density at radius 1 is 1.38 bits per heavy atom. The SMILES string of the molecule is O=C(O)[C@]12CCOC[C@H]1CN(c1ncc(F)c(N3CCCC3)n1)C2. The molecule has 0 aliphatic carbocycles. The fraction of sp³-hybridized carbons (Fsp3) is 0.688. The van der Waals surface area contributed by atoms with Gasteiger partial charge in [0.25, 0.3) is 0 Å². The van der Waals surface area contributed by atoms with Gasteiger partial charge in [-0.2, -0.15) is 4.98 Å². The Labute approximate surface area is 139 Å². The van der Waals surface area contributed by atoms with E-state index >= 15 is 0 Å². The van der Waals surface area contributed by atoms with E-state index in [9.17, 15) is 14.3 Å². The molecule has 0 amide bonds. The molecule has 0 radical (unpaired) electrons. The minimum absolute atomic E-state index is 0.0901. The molecule has 0 aromatic carbocycles. The van der Waals surface area contributed by atoms with Gasteiger partial charge in [-0.3, -0.25) is 4.79 Å². The third-order valence-corrected chi connectivity index (χ3v) is 5.53. The summed E-state index contributed by atoms with van der Waals surface area (Å²) in [7, 11) is 0. The Bertz CT molecular complexity index is 652. The van der Waals surface area contributed by atoms with Crippen LogP contribution in [0.25, 0.3) is 0 Å². The number of hydrogen-bond acceptors (Lipinski definition) is 6. The maximum Gasteiger partial charge on any atom is 0.311 e. The summed E-state index contributed by atoms with van der Waals surface area (Å²) in [6.45, 7) is 3.35. The first-order valence-corrected chi connectivity index (χ1v) is 8.44. The summed E-state index contributed by atoms with van der Waals surface area (Å²) in [5.74, 6) is -0.567. The molecule has 2 atom stereocenters. The first-order chi connectivity index (χ1) is 11.6. The number of carboxylic acids is 1. The molecule has 24 heavy (non-hydrogen) atoms. The lowest BCUT2D eigenvalue weighted by Gasteiger charge is -2.33. The minimum atomic E-state index is -0.816. The zero-order valence-corrected chi connectivity index (χ0v) is 13.4. The molecule has 3 aliphatic rings. The first-order valence-electron chi connectivity index (χ1n) is 8.44. The summed E-state index contributed by atoms with van der Waals surface area (Å²) in [5, 5.41) is 9.74. The molecular formula is C16H21FN4O3. The molecule has 0 bridgehead atoms. The molecule has 1 N–H and O–H groups in total. The number of carbonyl (C=O) groups is 1. The molecule has 4 heterocycles. The van der Waals surface area contributed by atoms with E-state index in [0.29, 0.717) is 44.5 Å². The molecule has 3 fully saturated rings. The van der Waals surface area contributed by atoms with E-state index in [1.165, 1.54) is 6.20 Å². The van der Waals surface area contributed by atoms with Crippen LogP contribution in [0.15, 0.2) is 6.20 Å². The molecule has 0 spiro atoms. The third-order valence-electron chi connectivity index (χ3n) is 5.53. The zero-order valence-electron chi connectivity index (χ0n) is 13.4. The highest BCUT2D eigenvalue weighted by atomic mass is 19.1. The van der Waals surface area contributed by atoms with Gasteiger partial charge in [-0.1, -0.05) is 0 Å². The van der Waals surface area contributed by atoms with Crippen molar-refractivity contribution in [1.82, 2.24) is 9.97 Å². The van der Waals surface area contributed by atoms with Crippen LogP contribution in [-0.2, 0) is 9.53 Å². The second-order valence-electron chi connectivity index (χ2n) is 6.90. The van der Waals surface area contributed by atoms with E-state index in [0.717, 1.165) is 25.9 Å². The van der Waals surface area contributed by atoms with Crippen molar-refractivity contribution in [1.29, 1.82) is 0 Å². The largest absolute Gasteiger partial charge is 0.481 e. The molecule has 1 aromatic heterocycles. The number of ether oxygens (including phenoxy) is 1. The smallest absolute Gasteiger partial charge is 0.311 e. The number of nitrogens with zero attached hydrogens (tertiary/aromatic N) is 4. The highest BCUT2D eigenvalue weighted by Crippen LogP contribution is 2.43. The van der Waals surface area contributed by atoms with Crippen molar-refractivity contribution in [2.75, 3.05) is 49.2 Å². The summed E-state index contributed by atoms with van der Waals surface area (Å²) in [6.07, 6.45) is 3.75. The highest BCUT2D eigenvalue weighted by molar-refractivity contribution is 5.77. The minimum Gasteiger partial charge on any atom is -0.481 e. The van der Waals surface area contributed by atoms with Gasteiger partial charge in [-0.25, -0.2) is 9.37 Å². The zero-order chi connectivity index (χ0) is 16.7. The third kappa shape index (κ3) is 2.40. The van der Waals surface area contributed by atoms with E-state index in [1.807, 2.05) is 9.80 Å². The quantitative estimate of drug-likeness (QED) is 0.887. The number of halogens is 1. The Kier molecular flexibility index (Phi) is 3.79. The van der Waals surface area contributed by atoms with Crippen molar-refractivity contribution in [3.63, 3.8) is 0 Å². The number of hydrogen-bond donors (Lipinski definition) is 1. The topological polar surface area (TPSA) is 78.8 Å². The van der Waals surface area contributed by atoms with Crippen LogP contribution in [-0.4, -0.2) is 60.4 Å². The lowest BCUT2D eigenvalue weighted by Crippen LogP contribution is -2.44. The average molecular weight is 336 g/mol. The molecule has 3 saturated heterocycles. The van der Waals surface area contributed by atoms with Gasteiger partial charge in [0, 0.05) is 38.7 Å². The van der Waals surface area contributed by atoms with Gasteiger partial charge < -0.3 is 19.6 Å². The first kappa shape index (κ1) is 15.6. The van der Waals surface area contributed by atoms with Gasteiger partial charge in [0.1, 0.15) is 0 Å². The van der Waals surface area contributed by atoms with E-state index < -0.39 is 17.2 Å². The standard InChI is InChI=1S/C16H21FN4O3/c17-12-7-18-15(19-13(12)20-4-1-2-5-20)21-8-11-9-24-6-3-16(11,10-21)14(22)23/h7,11H,1-6,8-10H2,(H,22,23)/t11-,16+/m1/s1. The summed E-state index contributed by atoms with van der Waals surface area (Å²) in [4.78, 5) is 24.2. The average Bonchev–Trinajstić information content (AvgIpc) is 3.23. The molecule has 130 valence electrons. The lowest BCUT2D eigenvalue weighted by molar-refractivity contribution is -0.157. The number of aliphatic carboxylic acids is 1. The number of carboxylic acid groups (broad SMARTS) is 1. The number of aromatic nitrogens is 2. The van der Waals surface area contributed by atoms with Crippen LogP contribution >= 0.6 is 0 Å². The van der Waals surface area contributed by atoms with Crippen LogP contribution in [0.5, 0.6) is 0 Å². The molecular weight excluding hydrogens is 315 g/mol. The van der Waals surface area contributed by atoms with Crippen LogP contribution in [0.1, 0.15) is 19.3 Å². The predicted molar refractivity (Wildman–Crippen MR) is 84.6 cm³/mol. The predicted octanol–water partition coefficient (Wildman–Crippen LogP) is 1.14. The van der Waals surface area contributed by atoms with Crippen molar-refractivity contribution in [2.45, 2.75) is 19.3 Å². The Morgan fingerprint density at radius 2 is 2.17 bits per heavy atom. The normalized spacial score (nSPS) is 29.8. The van der Waals surface area contributed by atoms with E-state index in [-0.39, 0.29) is 5.92 Å². The summed E-state index contributed by atoms with van der Waals surface area (Å²) < 4.78 is 19.6. The molecule has 4 rings (SSSR count). The second kappa shape index (κ2) is 5.84. The van der Waals surface area contributed by atoms with Crippen LogP contribution in [0.2, 0.25) is 0 Å². The Balaban J connectivity index is 1.62. The van der Waals surface area contributed by atoms with Crippen molar-refractivity contribution < 1.29 is 19.0 Å². The fourth-order valence-corrected chi connectivity index (χ4v) is 4.10. The molecule has 0 saturated carbocycles. The van der Waals surface area contributed by atoms with Crippen LogP contribution in [0.3, 0.4) is 0 Å². The van der Waals surface area contributed by atoms with Crippen molar-refractivity contribution in [3.8, 4) is 0 Å².